The number of aromatic nitrogens is 1. The molecule has 2 rings (SSSR count). The van der Waals surface area contributed by atoms with E-state index in [1.165, 1.54) is 12.3 Å². The number of hydrogen-bond acceptors (Lipinski definition) is 3. The highest BCUT2D eigenvalue weighted by molar-refractivity contribution is 5.59. The summed E-state index contributed by atoms with van der Waals surface area (Å²) < 4.78 is 13.3. The van der Waals surface area contributed by atoms with E-state index < -0.39 is 0 Å². The number of nitrogens with one attached hydrogen (secondary N) is 1. The van der Waals surface area contributed by atoms with Gasteiger partial charge in [-0.15, -0.1) is 0 Å². The molecule has 0 unspecified atom stereocenters. The lowest BCUT2D eigenvalue weighted by atomic mass is 10.2. The van der Waals surface area contributed by atoms with Crippen molar-refractivity contribution >= 4 is 11.4 Å². The van der Waals surface area contributed by atoms with Gasteiger partial charge in [0.1, 0.15) is 17.6 Å². The Morgan fingerprint density at radius 2 is 2.00 bits per heavy atom. The minimum atomic E-state index is -0.253. The Balaban J connectivity index is 2.20. The SMILES string of the molecule is Cc1ccc(Nc2ccc(C#N)nc2)cc1F. The first-order valence-electron chi connectivity index (χ1n) is 5.08. The van der Waals surface area contributed by atoms with Crippen molar-refractivity contribution in [2.45, 2.75) is 6.92 Å². The van der Waals surface area contributed by atoms with E-state index >= 15 is 0 Å². The minimum Gasteiger partial charge on any atom is -0.354 e. The number of aryl methyl sites for hydroxylation is 1. The maximum absolute atomic E-state index is 13.3. The normalized spacial score (nSPS) is 9.71. The van der Waals surface area contributed by atoms with Gasteiger partial charge in [-0.3, -0.25) is 0 Å². The quantitative estimate of drug-likeness (QED) is 0.857. The van der Waals surface area contributed by atoms with Gasteiger partial charge in [0.25, 0.3) is 0 Å². The van der Waals surface area contributed by atoms with Crippen LogP contribution in [0, 0.1) is 24.1 Å². The Morgan fingerprint density at radius 1 is 1.24 bits per heavy atom. The van der Waals surface area contributed by atoms with E-state index in [0.717, 1.165) is 0 Å². The first-order valence-corrected chi connectivity index (χ1v) is 5.08. The zero-order valence-corrected chi connectivity index (χ0v) is 9.24. The van der Waals surface area contributed by atoms with E-state index in [9.17, 15) is 4.39 Å². The van der Waals surface area contributed by atoms with Crippen LogP contribution >= 0.6 is 0 Å². The lowest BCUT2D eigenvalue weighted by molar-refractivity contribution is 0.619. The molecule has 1 N–H and O–H groups in total. The van der Waals surface area contributed by atoms with Gasteiger partial charge in [-0.05, 0) is 36.8 Å². The van der Waals surface area contributed by atoms with Gasteiger partial charge in [0, 0.05) is 5.69 Å². The van der Waals surface area contributed by atoms with Gasteiger partial charge < -0.3 is 5.32 Å². The Bertz CT molecular complexity index is 570. The molecule has 0 atom stereocenters. The van der Waals surface area contributed by atoms with E-state index in [1.807, 2.05) is 6.07 Å². The molecule has 0 aliphatic carbocycles. The molecule has 0 aliphatic rings. The van der Waals surface area contributed by atoms with E-state index in [0.29, 0.717) is 22.6 Å². The smallest absolute Gasteiger partial charge is 0.140 e. The molecule has 0 aliphatic heterocycles. The molecular formula is C13H10FN3. The van der Waals surface area contributed by atoms with Crippen LogP contribution in [0.1, 0.15) is 11.3 Å². The van der Waals surface area contributed by atoms with Crippen LogP contribution in [0.25, 0.3) is 0 Å². The maximum Gasteiger partial charge on any atom is 0.140 e. The van der Waals surface area contributed by atoms with Gasteiger partial charge in [-0.25, -0.2) is 9.37 Å². The number of halogens is 1. The van der Waals surface area contributed by atoms with Crippen LogP contribution in [0.15, 0.2) is 36.5 Å². The molecule has 1 aromatic heterocycles. The van der Waals surface area contributed by atoms with Gasteiger partial charge in [0.2, 0.25) is 0 Å². The minimum absolute atomic E-state index is 0.253. The zero-order valence-electron chi connectivity index (χ0n) is 9.24. The van der Waals surface area contributed by atoms with Gasteiger partial charge in [-0.1, -0.05) is 6.07 Å². The summed E-state index contributed by atoms with van der Waals surface area (Å²) in [6.07, 6.45) is 1.54. The number of pyridine rings is 1. The topological polar surface area (TPSA) is 48.7 Å². The van der Waals surface area contributed by atoms with Crippen LogP contribution < -0.4 is 5.32 Å². The molecule has 0 amide bonds. The monoisotopic (exact) mass is 227 g/mol. The molecule has 1 heterocycles. The molecule has 4 heteroatoms. The van der Waals surface area contributed by atoms with Crippen LogP contribution in [0.5, 0.6) is 0 Å². The lowest BCUT2D eigenvalue weighted by Crippen LogP contribution is -1.93. The van der Waals surface area contributed by atoms with E-state index in [4.69, 9.17) is 5.26 Å². The van der Waals surface area contributed by atoms with Gasteiger partial charge in [0.15, 0.2) is 0 Å². The summed E-state index contributed by atoms with van der Waals surface area (Å²) in [5.74, 6) is -0.253. The van der Waals surface area contributed by atoms with Crippen LogP contribution in [-0.2, 0) is 0 Å². The highest BCUT2D eigenvalue weighted by Gasteiger charge is 2.00. The van der Waals surface area contributed by atoms with Crippen LogP contribution in [0.2, 0.25) is 0 Å². The fraction of sp³-hybridized carbons (Fsp3) is 0.0769. The molecule has 0 saturated carbocycles. The van der Waals surface area contributed by atoms with Crippen molar-refractivity contribution in [2.24, 2.45) is 0 Å². The van der Waals surface area contributed by atoms with Crippen molar-refractivity contribution in [3.05, 3.63) is 53.6 Å². The molecule has 1 aromatic carbocycles. The molecular weight excluding hydrogens is 217 g/mol. The second-order valence-corrected chi connectivity index (χ2v) is 3.63. The van der Waals surface area contributed by atoms with Crippen molar-refractivity contribution < 1.29 is 4.39 Å². The number of anilines is 2. The number of nitriles is 1. The number of benzene rings is 1. The van der Waals surface area contributed by atoms with Crippen molar-refractivity contribution in [2.75, 3.05) is 5.32 Å². The highest BCUT2D eigenvalue weighted by atomic mass is 19.1. The third-order valence-electron chi connectivity index (χ3n) is 2.34. The molecule has 0 saturated heterocycles. The summed E-state index contributed by atoms with van der Waals surface area (Å²) in [6, 6.07) is 10.2. The predicted molar refractivity (Wildman–Crippen MR) is 63.4 cm³/mol. The fourth-order valence-electron chi connectivity index (χ4n) is 1.37. The van der Waals surface area contributed by atoms with Gasteiger partial charge >= 0.3 is 0 Å². The number of hydrogen-bond donors (Lipinski definition) is 1. The molecule has 0 spiro atoms. The van der Waals surface area contributed by atoms with E-state index in [2.05, 4.69) is 10.3 Å². The summed E-state index contributed by atoms with van der Waals surface area (Å²) in [5.41, 5.74) is 2.33. The first-order chi connectivity index (χ1) is 8.19. The van der Waals surface area contributed by atoms with Crippen molar-refractivity contribution in [1.29, 1.82) is 5.26 Å². The second-order valence-electron chi connectivity index (χ2n) is 3.63. The van der Waals surface area contributed by atoms with Crippen LogP contribution in [-0.4, -0.2) is 4.98 Å². The van der Waals surface area contributed by atoms with Crippen molar-refractivity contribution in [1.82, 2.24) is 4.98 Å². The van der Waals surface area contributed by atoms with Crippen LogP contribution in [0.3, 0.4) is 0 Å². The number of rotatable bonds is 2. The second kappa shape index (κ2) is 4.62. The Labute approximate surface area is 98.5 Å². The summed E-state index contributed by atoms with van der Waals surface area (Å²) >= 11 is 0. The third kappa shape index (κ3) is 2.58. The molecule has 0 fully saturated rings. The average Bonchev–Trinajstić information content (AvgIpc) is 2.35. The summed E-state index contributed by atoms with van der Waals surface area (Å²) in [4.78, 5) is 3.92. The summed E-state index contributed by atoms with van der Waals surface area (Å²) in [5, 5.41) is 11.6. The zero-order chi connectivity index (χ0) is 12.3. The Kier molecular flexibility index (Phi) is 3.01. The molecule has 84 valence electrons. The van der Waals surface area contributed by atoms with Gasteiger partial charge in [-0.2, -0.15) is 5.26 Å². The average molecular weight is 227 g/mol. The molecule has 0 radical (unpaired) electrons. The Morgan fingerprint density at radius 3 is 2.59 bits per heavy atom. The Hall–Kier alpha value is -2.41. The standard InChI is InChI=1S/C13H10FN3/c1-9-2-3-10(6-13(9)14)17-12-5-4-11(7-15)16-8-12/h2-6,8,17H,1H3. The summed E-state index contributed by atoms with van der Waals surface area (Å²) in [6.45, 7) is 1.71. The molecule has 0 bridgehead atoms. The molecule has 17 heavy (non-hydrogen) atoms. The third-order valence-corrected chi connectivity index (χ3v) is 2.34. The molecule has 3 nitrogen and oxygen atoms in total. The molecule has 2 aromatic rings. The van der Waals surface area contributed by atoms with Crippen molar-refractivity contribution in [3.8, 4) is 6.07 Å². The van der Waals surface area contributed by atoms with E-state index in [1.54, 1.807) is 31.2 Å². The van der Waals surface area contributed by atoms with Crippen LogP contribution in [0.4, 0.5) is 15.8 Å². The summed E-state index contributed by atoms with van der Waals surface area (Å²) in [7, 11) is 0. The lowest BCUT2D eigenvalue weighted by Gasteiger charge is -2.06. The van der Waals surface area contributed by atoms with Gasteiger partial charge in [0.05, 0.1) is 11.9 Å². The highest BCUT2D eigenvalue weighted by Crippen LogP contribution is 2.18. The predicted octanol–water partition coefficient (Wildman–Crippen LogP) is 3.14. The van der Waals surface area contributed by atoms with E-state index in [-0.39, 0.29) is 5.82 Å². The number of nitrogens with zero attached hydrogens (tertiary/aromatic N) is 2. The van der Waals surface area contributed by atoms with Crippen molar-refractivity contribution in [3.63, 3.8) is 0 Å². The first kappa shape index (κ1) is 11.1. The fourth-order valence-corrected chi connectivity index (χ4v) is 1.37. The largest absolute Gasteiger partial charge is 0.354 e. The maximum atomic E-state index is 13.3.